The lowest BCUT2D eigenvalue weighted by Crippen LogP contribution is -2.31. The molecule has 1 saturated heterocycles. The molecule has 0 unspecified atom stereocenters. The molecule has 1 fully saturated rings. The zero-order valence-electron chi connectivity index (χ0n) is 11.1. The molecule has 2 heterocycles. The number of nitrogens with zero attached hydrogens (tertiary/aromatic N) is 3. The van der Waals surface area contributed by atoms with Crippen molar-refractivity contribution in [2.24, 2.45) is 0 Å². The summed E-state index contributed by atoms with van der Waals surface area (Å²) in [6.07, 6.45) is 1.09. The summed E-state index contributed by atoms with van der Waals surface area (Å²) in [7, 11) is 2.13. The van der Waals surface area contributed by atoms with Gasteiger partial charge in [0, 0.05) is 19.6 Å². The van der Waals surface area contributed by atoms with Gasteiger partial charge in [-0.25, -0.2) is 4.98 Å². The van der Waals surface area contributed by atoms with E-state index < -0.39 is 0 Å². The number of aromatic amines is 1. The summed E-state index contributed by atoms with van der Waals surface area (Å²) < 4.78 is 0. The lowest BCUT2D eigenvalue weighted by molar-refractivity contribution is 0.360. The standard InChI is InChI=1S/C14H18N4O/c1-17-7-4-8-18(10-9-17)14-15-12-6-3-2-5-11(12)13(19)16-14/h2-3,5-6H,4,7-10H2,1H3,(H,15,16,19). The van der Waals surface area contributed by atoms with Gasteiger partial charge in [-0.3, -0.25) is 9.78 Å². The van der Waals surface area contributed by atoms with Crippen LogP contribution < -0.4 is 10.5 Å². The smallest absolute Gasteiger partial charge is 0.260 e. The third kappa shape index (κ3) is 2.46. The third-order valence-corrected chi connectivity index (χ3v) is 3.62. The van der Waals surface area contributed by atoms with E-state index in [0.29, 0.717) is 11.3 Å². The molecule has 0 saturated carbocycles. The zero-order valence-corrected chi connectivity index (χ0v) is 11.1. The number of hydrogen-bond donors (Lipinski definition) is 1. The molecule has 3 rings (SSSR count). The van der Waals surface area contributed by atoms with Gasteiger partial charge in [-0.2, -0.15) is 0 Å². The highest BCUT2D eigenvalue weighted by Crippen LogP contribution is 2.13. The Hall–Kier alpha value is -1.88. The fourth-order valence-electron chi connectivity index (χ4n) is 2.48. The number of nitrogens with one attached hydrogen (secondary N) is 1. The van der Waals surface area contributed by atoms with E-state index in [4.69, 9.17) is 0 Å². The van der Waals surface area contributed by atoms with Crippen LogP contribution in [0.15, 0.2) is 29.1 Å². The van der Waals surface area contributed by atoms with Gasteiger partial charge >= 0.3 is 0 Å². The van der Waals surface area contributed by atoms with Crippen molar-refractivity contribution in [3.05, 3.63) is 34.6 Å². The van der Waals surface area contributed by atoms with Gasteiger partial charge in [0.15, 0.2) is 0 Å². The maximum absolute atomic E-state index is 12.1. The molecule has 1 aromatic carbocycles. The lowest BCUT2D eigenvalue weighted by atomic mass is 10.2. The van der Waals surface area contributed by atoms with Crippen molar-refractivity contribution in [3.63, 3.8) is 0 Å². The van der Waals surface area contributed by atoms with Crippen LogP contribution in [-0.4, -0.2) is 48.1 Å². The van der Waals surface area contributed by atoms with Crippen LogP contribution in [0.1, 0.15) is 6.42 Å². The first kappa shape index (κ1) is 12.2. The first-order valence-electron chi connectivity index (χ1n) is 6.66. The number of rotatable bonds is 1. The average Bonchev–Trinajstić information content (AvgIpc) is 2.63. The molecular weight excluding hydrogens is 240 g/mol. The van der Waals surface area contributed by atoms with E-state index in [9.17, 15) is 4.79 Å². The van der Waals surface area contributed by atoms with E-state index in [0.717, 1.165) is 38.1 Å². The van der Waals surface area contributed by atoms with Gasteiger partial charge in [0.05, 0.1) is 10.9 Å². The Morgan fingerprint density at radius 3 is 2.89 bits per heavy atom. The first-order valence-corrected chi connectivity index (χ1v) is 6.66. The van der Waals surface area contributed by atoms with Crippen molar-refractivity contribution in [2.75, 3.05) is 38.1 Å². The highest BCUT2D eigenvalue weighted by atomic mass is 16.1. The predicted molar refractivity (Wildman–Crippen MR) is 76.7 cm³/mol. The Bertz CT molecular complexity index is 637. The molecule has 0 radical (unpaired) electrons. The van der Waals surface area contributed by atoms with Gasteiger partial charge in [0.25, 0.3) is 5.56 Å². The average molecular weight is 258 g/mol. The van der Waals surface area contributed by atoms with Gasteiger partial charge in [-0.1, -0.05) is 12.1 Å². The van der Waals surface area contributed by atoms with E-state index in [-0.39, 0.29) is 5.56 Å². The Kier molecular flexibility index (Phi) is 3.21. The van der Waals surface area contributed by atoms with Crippen LogP contribution in [0.5, 0.6) is 0 Å². The number of likely N-dealkylation sites (N-methyl/N-ethyl adjacent to an activating group) is 1. The highest BCUT2D eigenvalue weighted by Gasteiger charge is 2.15. The number of fused-ring (bicyclic) bond motifs is 1. The summed E-state index contributed by atoms with van der Waals surface area (Å²) in [6, 6.07) is 7.47. The summed E-state index contributed by atoms with van der Waals surface area (Å²) in [4.78, 5) is 24.0. The van der Waals surface area contributed by atoms with Crippen LogP contribution in [0.3, 0.4) is 0 Å². The second kappa shape index (κ2) is 5.01. The van der Waals surface area contributed by atoms with Crippen molar-refractivity contribution in [2.45, 2.75) is 6.42 Å². The fourth-order valence-corrected chi connectivity index (χ4v) is 2.48. The zero-order chi connectivity index (χ0) is 13.2. The predicted octanol–water partition coefficient (Wildman–Crippen LogP) is 1.06. The molecule has 5 nitrogen and oxygen atoms in total. The number of aromatic nitrogens is 2. The molecule has 1 N–H and O–H groups in total. The van der Waals surface area contributed by atoms with Gasteiger partial charge in [-0.15, -0.1) is 0 Å². The Morgan fingerprint density at radius 1 is 1.16 bits per heavy atom. The lowest BCUT2D eigenvalue weighted by Gasteiger charge is -2.21. The second-order valence-electron chi connectivity index (χ2n) is 5.05. The highest BCUT2D eigenvalue weighted by molar-refractivity contribution is 5.78. The van der Waals surface area contributed by atoms with E-state index in [2.05, 4.69) is 26.8 Å². The maximum Gasteiger partial charge on any atom is 0.260 e. The number of benzene rings is 1. The van der Waals surface area contributed by atoms with Crippen molar-refractivity contribution in [3.8, 4) is 0 Å². The number of para-hydroxylation sites is 1. The van der Waals surface area contributed by atoms with E-state index in [1.807, 2.05) is 18.2 Å². The molecular formula is C14H18N4O. The molecule has 1 aromatic heterocycles. The van der Waals surface area contributed by atoms with E-state index >= 15 is 0 Å². The fraction of sp³-hybridized carbons (Fsp3) is 0.429. The minimum absolute atomic E-state index is 0.0572. The monoisotopic (exact) mass is 258 g/mol. The summed E-state index contributed by atoms with van der Waals surface area (Å²) in [5.41, 5.74) is 0.706. The molecule has 1 aliphatic heterocycles. The van der Waals surface area contributed by atoms with E-state index in [1.165, 1.54) is 0 Å². The minimum atomic E-state index is -0.0572. The Labute approximate surface area is 111 Å². The molecule has 5 heteroatoms. The van der Waals surface area contributed by atoms with Crippen LogP contribution in [-0.2, 0) is 0 Å². The van der Waals surface area contributed by atoms with Crippen LogP contribution in [0.4, 0.5) is 5.95 Å². The molecule has 0 bridgehead atoms. The molecule has 0 atom stereocenters. The molecule has 100 valence electrons. The quantitative estimate of drug-likeness (QED) is 0.831. The van der Waals surface area contributed by atoms with Crippen molar-refractivity contribution in [1.82, 2.24) is 14.9 Å². The normalized spacial score (nSPS) is 17.6. The summed E-state index contributed by atoms with van der Waals surface area (Å²) in [5, 5.41) is 0.651. The first-order chi connectivity index (χ1) is 9.24. The third-order valence-electron chi connectivity index (χ3n) is 3.62. The molecule has 0 amide bonds. The summed E-state index contributed by atoms with van der Waals surface area (Å²) >= 11 is 0. The SMILES string of the molecule is CN1CCCN(c2nc3ccccc3c(=O)[nH]2)CC1. The summed E-state index contributed by atoms with van der Waals surface area (Å²) in [5.74, 6) is 0.694. The van der Waals surface area contributed by atoms with Crippen LogP contribution in [0, 0.1) is 0 Å². The molecule has 2 aromatic rings. The molecule has 1 aliphatic rings. The number of H-pyrrole nitrogens is 1. The van der Waals surface area contributed by atoms with Crippen LogP contribution in [0.25, 0.3) is 10.9 Å². The van der Waals surface area contributed by atoms with E-state index in [1.54, 1.807) is 6.07 Å². The Balaban J connectivity index is 1.98. The van der Waals surface area contributed by atoms with Gasteiger partial charge in [-0.05, 0) is 32.1 Å². The number of hydrogen-bond acceptors (Lipinski definition) is 4. The van der Waals surface area contributed by atoms with Crippen molar-refractivity contribution < 1.29 is 0 Å². The van der Waals surface area contributed by atoms with Gasteiger partial charge in [0.2, 0.25) is 5.95 Å². The molecule has 0 spiro atoms. The summed E-state index contributed by atoms with van der Waals surface area (Å²) in [6.45, 7) is 3.92. The molecule has 0 aliphatic carbocycles. The van der Waals surface area contributed by atoms with Crippen LogP contribution in [0.2, 0.25) is 0 Å². The number of anilines is 1. The van der Waals surface area contributed by atoms with Crippen molar-refractivity contribution in [1.29, 1.82) is 0 Å². The van der Waals surface area contributed by atoms with Gasteiger partial charge in [0.1, 0.15) is 0 Å². The van der Waals surface area contributed by atoms with Gasteiger partial charge < -0.3 is 9.80 Å². The van der Waals surface area contributed by atoms with Crippen molar-refractivity contribution >= 4 is 16.9 Å². The Morgan fingerprint density at radius 2 is 2.00 bits per heavy atom. The minimum Gasteiger partial charge on any atom is -0.341 e. The second-order valence-corrected chi connectivity index (χ2v) is 5.05. The topological polar surface area (TPSA) is 52.2 Å². The largest absolute Gasteiger partial charge is 0.341 e. The van der Waals surface area contributed by atoms with Crippen LogP contribution >= 0.6 is 0 Å². The molecule has 19 heavy (non-hydrogen) atoms. The maximum atomic E-state index is 12.1.